The molecule has 0 amide bonds. The predicted molar refractivity (Wildman–Crippen MR) is 99.6 cm³/mol. The van der Waals surface area contributed by atoms with Gasteiger partial charge in [-0.3, -0.25) is 4.72 Å². The molecule has 0 aliphatic heterocycles. The third-order valence-corrected chi connectivity index (χ3v) is 4.92. The number of nitrogens with two attached hydrogens (primary N) is 1. The Labute approximate surface area is 146 Å². The van der Waals surface area contributed by atoms with Crippen molar-refractivity contribution >= 4 is 32.6 Å². The van der Waals surface area contributed by atoms with E-state index in [4.69, 9.17) is 5.14 Å². The Morgan fingerprint density at radius 3 is 2.76 bits per heavy atom. The summed E-state index contributed by atoms with van der Waals surface area (Å²) in [6.45, 7) is 0. The van der Waals surface area contributed by atoms with Gasteiger partial charge in [0.15, 0.2) is 0 Å². The number of aryl methyl sites for hydroxylation is 1. The summed E-state index contributed by atoms with van der Waals surface area (Å²) in [5.74, 6) is 0.807. The van der Waals surface area contributed by atoms with Crippen LogP contribution >= 0.6 is 0 Å². The molecule has 4 rings (SSSR count). The second-order valence-corrected chi connectivity index (χ2v) is 7.48. The Hall–Kier alpha value is -2.64. The normalized spacial score (nSPS) is 16.6. The van der Waals surface area contributed by atoms with Crippen molar-refractivity contribution in [2.75, 3.05) is 10.0 Å². The van der Waals surface area contributed by atoms with Crippen LogP contribution < -0.4 is 15.2 Å². The van der Waals surface area contributed by atoms with E-state index in [1.54, 1.807) is 18.2 Å². The maximum absolute atomic E-state index is 11.1. The Bertz CT molecular complexity index is 1050. The van der Waals surface area contributed by atoms with Crippen LogP contribution in [0.15, 0.2) is 54.6 Å². The Balaban J connectivity index is 1.59. The summed E-state index contributed by atoms with van der Waals surface area (Å²) in [6, 6.07) is 17.7. The molecule has 1 heterocycles. The highest BCUT2D eigenvalue weighted by Gasteiger charge is 2.21. The number of rotatable bonds is 4. The van der Waals surface area contributed by atoms with Crippen molar-refractivity contribution in [1.82, 2.24) is 4.98 Å². The summed E-state index contributed by atoms with van der Waals surface area (Å²) in [7, 11) is -3.78. The lowest BCUT2D eigenvalue weighted by molar-refractivity contribution is 0.603. The topological polar surface area (TPSA) is 97.1 Å². The standard InChI is InChI=1S/C18H18N4O2S/c19-25(23,24)22-14-7-9-16-13(11-14)6-10-18(20-16)21-17-8-5-12-3-1-2-4-15(12)17/h1-4,6-7,9-11,17,22H,5,8H2,(H,20,21)(H2,19,23,24)/t17-/m1/s1. The first kappa shape index (κ1) is 15.9. The summed E-state index contributed by atoms with van der Waals surface area (Å²) >= 11 is 0. The molecule has 7 heteroatoms. The minimum Gasteiger partial charge on any atom is -0.363 e. The van der Waals surface area contributed by atoms with Crippen LogP contribution in [0.5, 0.6) is 0 Å². The van der Waals surface area contributed by atoms with Gasteiger partial charge in [-0.25, -0.2) is 10.1 Å². The van der Waals surface area contributed by atoms with E-state index in [9.17, 15) is 8.42 Å². The van der Waals surface area contributed by atoms with Gasteiger partial charge in [-0.1, -0.05) is 24.3 Å². The van der Waals surface area contributed by atoms with Gasteiger partial charge in [0.05, 0.1) is 17.2 Å². The van der Waals surface area contributed by atoms with Gasteiger partial charge in [-0.2, -0.15) is 8.42 Å². The van der Waals surface area contributed by atoms with Crippen molar-refractivity contribution in [3.8, 4) is 0 Å². The minimum atomic E-state index is -3.78. The van der Waals surface area contributed by atoms with Crippen LogP contribution in [0.1, 0.15) is 23.6 Å². The average molecular weight is 354 g/mol. The minimum absolute atomic E-state index is 0.268. The fourth-order valence-electron chi connectivity index (χ4n) is 3.32. The highest BCUT2D eigenvalue weighted by atomic mass is 32.2. The summed E-state index contributed by atoms with van der Waals surface area (Å²) in [4.78, 5) is 4.63. The molecular weight excluding hydrogens is 336 g/mol. The van der Waals surface area contributed by atoms with Crippen molar-refractivity contribution in [3.63, 3.8) is 0 Å². The van der Waals surface area contributed by atoms with Crippen molar-refractivity contribution in [2.24, 2.45) is 5.14 Å². The van der Waals surface area contributed by atoms with Gasteiger partial charge in [0, 0.05) is 5.39 Å². The van der Waals surface area contributed by atoms with Gasteiger partial charge in [-0.05, 0) is 54.3 Å². The first-order valence-corrected chi connectivity index (χ1v) is 9.58. The molecule has 1 aliphatic carbocycles. The number of anilines is 2. The first-order valence-electron chi connectivity index (χ1n) is 8.04. The lowest BCUT2D eigenvalue weighted by Crippen LogP contribution is -2.21. The van der Waals surface area contributed by atoms with Gasteiger partial charge in [0.2, 0.25) is 0 Å². The van der Waals surface area contributed by atoms with Crippen LogP contribution in [-0.2, 0) is 16.6 Å². The van der Waals surface area contributed by atoms with Gasteiger partial charge < -0.3 is 5.32 Å². The molecule has 0 saturated carbocycles. The molecule has 25 heavy (non-hydrogen) atoms. The van der Waals surface area contributed by atoms with Crippen LogP contribution in [0.25, 0.3) is 10.9 Å². The summed E-state index contributed by atoms with van der Waals surface area (Å²) in [6.07, 6.45) is 2.13. The number of aromatic nitrogens is 1. The van der Waals surface area contributed by atoms with E-state index >= 15 is 0 Å². The number of benzene rings is 2. The summed E-state index contributed by atoms with van der Waals surface area (Å²) in [5, 5.41) is 9.34. The maximum atomic E-state index is 11.1. The number of nitrogens with zero attached hydrogens (tertiary/aromatic N) is 1. The molecule has 1 aliphatic rings. The number of hydrogen-bond donors (Lipinski definition) is 3. The van der Waals surface area contributed by atoms with E-state index in [-0.39, 0.29) is 6.04 Å². The van der Waals surface area contributed by atoms with Crippen molar-refractivity contribution in [2.45, 2.75) is 18.9 Å². The van der Waals surface area contributed by atoms with Gasteiger partial charge in [0.1, 0.15) is 5.82 Å². The molecule has 6 nitrogen and oxygen atoms in total. The molecule has 4 N–H and O–H groups in total. The molecule has 3 aromatic rings. The van der Waals surface area contributed by atoms with E-state index in [1.807, 2.05) is 12.1 Å². The maximum Gasteiger partial charge on any atom is 0.296 e. The molecule has 128 valence electrons. The molecular formula is C18H18N4O2S. The van der Waals surface area contributed by atoms with Gasteiger partial charge in [0.25, 0.3) is 10.2 Å². The van der Waals surface area contributed by atoms with Crippen molar-refractivity contribution < 1.29 is 8.42 Å². The average Bonchev–Trinajstić information content (AvgIpc) is 2.97. The number of nitrogens with one attached hydrogen (secondary N) is 2. The largest absolute Gasteiger partial charge is 0.363 e. The van der Waals surface area contributed by atoms with Crippen molar-refractivity contribution in [3.05, 3.63) is 65.7 Å². The summed E-state index contributed by atoms with van der Waals surface area (Å²) < 4.78 is 24.5. The van der Waals surface area contributed by atoms with Gasteiger partial charge >= 0.3 is 0 Å². The molecule has 0 radical (unpaired) electrons. The molecule has 0 bridgehead atoms. The lowest BCUT2D eigenvalue weighted by Gasteiger charge is -2.15. The smallest absolute Gasteiger partial charge is 0.296 e. The van der Waals surface area contributed by atoms with Crippen LogP contribution in [-0.4, -0.2) is 13.4 Å². The Kier molecular flexibility index (Phi) is 3.82. The van der Waals surface area contributed by atoms with Crippen LogP contribution in [0.2, 0.25) is 0 Å². The molecule has 0 fully saturated rings. The zero-order valence-corrected chi connectivity index (χ0v) is 14.3. The third kappa shape index (κ3) is 3.42. The van der Waals surface area contributed by atoms with Crippen LogP contribution in [0.4, 0.5) is 11.5 Å². The quantitative estimate of drug-likeness (QED) is 0.671. The Morgan fingerprint density at radius 1 is 1.08 bits per heavy atom. The monoisotopic (exact) mass is 354 g/mol. The molecule has 0 spiro atoms. The van der Waals surface area contributed by atoms with E-state index < -0.39 is 10.2 Å². The van der Waals surface area contributed by atoms with E-state index in [0.717, 1.165) is 29.6 Å². The fraction of sp³-hybridized carbons (Fsp3) is 0.167. The molecule has 2 aromatic carbocycles. The molecule has 0 unspecified atom stereocenters. The predicted octanol–water partition coefficient (Wildman–Crippen LogP) is 2.95. The van der Waals surface area contributed by atoms with E-state index in [1.165, 1.54) is 11.1 Å². The van der Waals surface area contributed by atoms with E-state index in [2.05, 4.69) is 39.3 Å². The molecule has 0 saturated heterocycles. The lowest BCUT2D eigenvalue weighted by atomic mass is 10.1. The molecule has 1 aromatic heterocycles. The molecule has 1 atom stereocenters. The SMILES string of the molecule is NS(=O)(=O)Nc1ccc2nc(N[C@@H]3CCc4ccccc43)ccc2c1. The van der Waals surface area contributed by atoms with Crippen molar-refractivity contribution in [1.29, 1.82) is 0 Å². The highest BCUT2D eigenvalue weighted by molar-refractivity contribution is 7.90. The van der Waals surface area contributed by atoms with Gasteiger partial charge in [-0.15, -0.1) is 0 Å². The fourth-order valence-corrected chi connectivity index (χ4v) is 3.77. The second-order valence-electron chi connectivity index (χ2n) is 6.19. The third-order valence-electron chi connectivity index (χ3n) is 4.40. The first-order chi connectivity index (χ1) is 12.0. The number of fused-ring (bicyclic) bond motifs is 2. The number of hydrogen-bond acceptors (Lipinski definition) is 4. The zero-order valence-electron chi connectivity index (χ0n) is 13.4. The second kappa shape index (κ2) is 6.02. The van der Waals surface area contributed by atoms with Crippen LogP contribution in [0, 0.1) is 0 Å². The Morgan fingerprint density at radius 2 is 1.92 bits per heavy atom. The van der Waals surface area contributed by atoms with E-state index in [0.29, 0.717) is 5.69 Å². The highest BCUT2D eigenvalue weighted by Crippen LogP contribution is 2.33. The van der Waals surface area contributed by atoms with Crippen LogP contribution in [0.3, 0.4) is 0 Å². The summed E-state index contributed by atoms with van der Waals surface area (Å²) in [5.41, 5.74) is 3.93. The number of pyridine rings is 1. The zero-order chi connectivity index (χ0) is 17.4.